The quantitative estimate of drug-likeness (QED) is 0.847. The van der Waals surface area contributed by atoms with Crippen molar-refractivity contribution in [1.29, 1.82) is 0 Å². The summed E-state index contributed by atoms with van der Waals surface area (Å²) in [5.74, 6) is 1.22. The second kappa shape index (κ2) is 9.26. The Balaban J connectivity index is 1.50. The number of benzene rings is 1. The van der Waals surface area contributed by atoms with Gasteiger partial charge < -0.3 is 20.2 Å². The van der Waals surface area contributed by atoms with Crippen LogP contribution in [0.4, 0.5) is 10.6 Å². The fourth-order valence-corrected chi connectivity index (χ4v) is 3.29. The highest BCUT2D eigenvalue weighted by molar-refractivity contribution is 5.73. The lowest BCUT2D eigenvalue weighted by atomic mass is 10.2. The normalized spacial score (nSPS) is 14.5. The van der Waals surface area contributed by atoms with Gasteiger partial charge in [0.25, 0.3) is 0 Å². The summed E-state index contributed by atoms with van der Waals surface area (Å²) < 4.78 is 0. The van der Waals surface area contributed by atoms with Crippen molar-refractivity contribution in [3.8, 4) is 5.75 Å². The first-order valence-corrected chi connectivity index (χ1v) is 9.59. The van der Waals surface area contributed by atoms with Crippen LogP contribution >= 0.6 is 0 Å². The van der Waals surface area contributed by atoms with E-state index < -0.39 is 0 Å². The smallest absolute Gasteiger partial charge is 0.317 e. The van der Waals surface area contributed by atoms with Gasteiger partial charge in [0, 0.05) is 38.4 Å². The fraction of sp³-hybridized carbons (Fsp3) is 0.429. The van der Waals surface area contributed by atoms with E-state index in [0.717, 1.165) is 30.0 Å². The van der Waals surface area contributed by atoms with E-state index in [2.05, 4.69) is 15.2 Å². The third-order valence-corrected chi connectivity index (χ3v) is 4.93. The van der Waals surface area contributed by atoms with Gasteiger partial charge >= 0.3 is 6.03 Å². The van der Waals surface area contributed by atoms with Gasteiger partial charge in [-0.2, -0.15) is 0 Å². The van der Waals surface area contributed by atoms with Gasteiger partial charge in [-0.25, -0.2) is 9.78 Å². The van der Waals surface area contributed by atoms with Crippen molar-refractivity contribution < 1.29 is 9.90 Å². The number of phenolic OH excluding ortho intramolecular Hbond substituents is 1. The number of rotatable bonds is 5. The Bertz CT molecular complexity index is 740. The largest absolute Gasteiger partial charge is 0.508 e. The average molecular weight is 368 g/mol. The maximum absolute atomic E-state index is 12.3. The van der Waals surface area contributed by atoms with E-state index in [4.69, 9.17) is 0 Å². The summed E-state index contributed by atoms with van der Waals surface area (Å²) in [6.45, 7) is 2.92. The Kier molecular flexibility index (Phi) is 6.52. The molecule has 0 unspecified atom stereocenters. The zero-order valence-corrected chi connectivity index (χ0v) is 15.9. The maximum atomic E-state index is 12.3. The molecule has 0 atom stereocenters. The van der Waals surface area contributed by atoms with E-state index in [1.165, 1.54) is 25.7 Å². The Morgan fingerprint density at radius 2 is 1.89 bits per heavy atom. The summed E-state index contributed by atoms with van der Waals surface area (Å²) in [6.07, 6.45) is 6.89. The van der Waals surface area contributed by atoms with Crippen LogP contribution in [0.2, 0.25) is 0 Å². The third-order valence-electron chi connectivity index (χ3n) is 4.93. The van der Waals surface area contributed by atoms with E-state index in [-0.39, 0.29) is 11.8 Å². The molecule has 2 aromatic rings. The van der Waals surface area contributed by atoms with Crippen molar-refractivity contribution in [3.05, 3.63) is 53.7 Å². The van der Waals surface area contributed by atoms with Crippen LogP contribution in [-0.4, -0.2) is 41.2 Å². The molecule has 1 saturated heterocycles. The first-order chi connectivity index (χ1) is 13.1. The van der Waals surface area contributed by atoms with Crippen LogP contribution in [0.1, 0.15) is 36.8 Å². The number of pyridine rings is 1. The number of aromatic nitrogens is 1. The van der Waals surface area contributed by atoms with Crippen molar-refractivity contribution in [2.45, 2.75) is 38.8 Å². The molecular weight excluding hydrogens is 340 g/mol. The van der Waals surface area contributed by atoms with Gasteiger partial charge in [-0.15, -0.1) is 0 Å². The van der Waals surface area contributed by atoms with Crippen LogP contribution < -0.4 is 10.2 Å². The number of para-hydroxylation sites is 1. The highest BCUT2D eigenvalue weighted by Crippen LogP contribution is 2.18. The predicted octanol–water partition coefficient (Wildman–Crippen LogP) is 3.51. The number of amides is 2. The Morgan fingerprint density at radius 3 is 2.56 bits per heavy atom. The van der Waals surface area contributed by atoms with Crippen LogP contribution in [0.5, 0.6) is 5.75 Å². The number of anilines is 1. The summed E-state index contributed by atoms with van der Waals surface area (Å²) >= 11 is 0. The number of aromatic hydroxyl groups is 1. The number of hydrogen-bond acceptors (Lipinski definition) is 4. The number of nitrogens with zero attached hydrogens (tertiary/aromatic N) is 3. The summed E-state index contributed by atoms with van der Waals surface area (Å²) in [7, 11) is 1.71. The van der Waals surface area contributed by atoms with E-state index in [9.17, 15) is 9.90 Å². The molecule has 2 amide bonds. The number of carbonyl (C=O) groups is 1. The molecule has 144 valence electrons. The van der Waals surface area contributed by atoms with E-state index in [1.807, 2.05) is 30.5 Å². The van der Waals surface area contributed by atoms with Gasteiger partial charge in [0.15, 0.2) is 0 Å². The minimum absolute atomic E-state index is 0.185. The van der Waals surface area contributed by atoms with Gasteiger partial charge in [0.1, 0.15) is 11.6 Å². The highest BCUT2D eigenvalue weighted by Gasteiger charge is 2.12. The molecule has 3 rings (SSSR count). The lowest BCUT2D eigenvalue weighted by molar-refractivity contribution is 0.206. The molecule has 0 saturated carbocycles. The molecule has 0 radical (unpaired) electrons. The lowest BCUT2D eigenvalue weighted by Crippen LogP contribution is -2.36. The number of phenols is 1. The van der Waals surface area contributed by atoms with Crippen molar-refractivity contribution in [2.75, 3.05) is 25.0 Å². The third kappa shape index (κ3) is 5.36. The Hall–Kier alpha value is -2.76. The van der Waals surface area contributed by atoms with Gasteiger partial charge in [0.05, 0.1) is 6.54 Å². The highest BCUT2D eigenvalue weighted by atomic mass is 16.3. The average Bonchev–Trinajstić information content (AvgIpc) is 2.98. The topological polar surface area (TPSA) is 68.7 Å². The van der Waals surface area contributed by atoms with E-state index in [0.29, 0.717) is 13.1 Å². The monoisotopic (exact) mass is 368 g/mol. The maximum Gasteiger partial charge on any atom is 0.317 e. The Morgan fingerprint density at radius 1 is 1.15 bits per heavy atom. The second-order valence-electron chi connectivity index (χ2n) is 7.07. The summed E-state index contributed by atoms with van der Waals surface area (Å²) in [5.41, 5.74) is 1.69. The van der Waals surface area contributed by atoms with Gasteiger partial charge in [0.2, 0.25) is 0 Å². The predicted molar refractivity (Wildman–Crippen MR) is 107 cm³/mol. The SMILES string of the molecule is CN(Cc1ccccc1O)C(=O)NCc1ccc(N2CCCCCC2)nc1. The number of urea groups is 1. The van der Waals surface area contributed by atoms with Crippen LogP contribution in [-0.2, 0) is 13.1 Å². The first kappa shape index (κ1) is 19.0. The van der Waals surface area contributed by atoms with Crippen LogP contribution in [0.15, 0.2) is 42.6 Å². The van der Waals surface area contributed by atoms with E-state index >= 15 is 0 Å². The van der Waals surface area contributed by atoms with Crippen molar-refractivity contribution in [2.24, 2.45) is 0 Å². The molecule has 0 spiro atoms. The second-order valence-corrected chi connectivity index (χ2v) is 7.07. The Labute approximate surface area is 160 Å². The molecule has 2 N–H and O–H groups in total. The molecule has 1 aliphatic heterocycles. The van der Waals surface area contributed by atoms with Gasteiger partial charge in [-0.3, -0.25) is 0 Å². The molecule has 0 bridgehead atoms. The number of carbonyl (C=O) groups excluding carboxylic acids is 1. The molecule has 2 heterocycles. The fourth-order valence-electron chi connectivity index (χ4n) is 3.29. The lowest BCUT2D eigenvalue weighted by Gasteiger charge is -2.21. The van der Waals surface area contributed by atoms with Gasteiger partial charge in [-0.05, 0) is 30.5 Å². The van der Waals surface area contributed by atoms with Crippen LogP contribution in [0, 0.1) is 0 Å². The zero-order chi connectivity index (χ0) is 19.1. The van der Waals surface area contributed by atoms with Gasteiger partial charge in [-0.1, -0.05) is 37.1 Å². The molecule has 1 aromatic carbocycles. The molecular formula is C21H28N4O2. The van der Waals surface area contributed by atoms with Crippen molar-refractivity contribution in [3.63, 3.8) is 0 Å². The van der Waals surface area contributed by atoms with E-state index in [1.54, 1.807) is 24.1 Å². The zero-order valence-electron chi connectivity index (χ0n) is 15.9. The standard InChI is InChI=1S/C21H28N4O2/c1-24(16-18-8-4-5-9-19(18)26)21(27)23-15-17-10-11-20(22-14-17)25-12-6-2-3-7-13-25/h4-5,8-11,14,26H,2-3,6-7,12-13,15-16H2,1H3,(H,23,27). The molecule has 6 heteroatoms. The minimum atomic E-state index is -0.185. The summed E-state index contributed by atoms with van der Waals surface area (Å²) in [4.78, 5) is 20.8. The van der Waals surface area contributed by atoms with Crippen molar-refractivity contribution >= 4 is 11.8 Å². The minimum Gasteiger partial charge on any atom is -0.508 e. The first-order valence-electron chi connectivity index (χ1n) is 9.59. The molecule has 27 heavy (non-hydrogen) atoms. The summed E-state index contributed by atoms with van der Waals surface area (Å²) in [5, 5.41) is 12.7. The van der Waals surface area contributed by atoms with Crippen molar-refractivity contribution in [1.82, 2.24) is 15.2 Å². The molecule has 6 nitrogen and oxygen atoms in total. The van der Waals surface area contributed by atoms with Crippen LogP contribution in [0.25, 0.3) is 0 Å². The number of hydrogen-bond donors (Lipinski definition) is 2. The summed E-state index contributed by atoms with van der Waals surface area (Å²) in [6, 6.07) is 10.9. The molecule has 1 aromatic heterocycles. The molecule has 0 aliphatic carbocycles. The molecule has 1 aliphatic rings. The number of nitrogens with one attached hydrogen (secondary N) is 1. The van der Waals surface area contributed by atoms with Crippen LogP contribution in [0.3, 0.4) is 0 Å². The molecule has 1 fully saturated rings.